The van der Waals surface area contributed by atoms with Crippen LogP contribution in [0.1, 0.15) is 31.4 Å². The molecule has 0 heterocycles. The molecule has 1 unspecified atom stereocenters. The van der Waals surface area contributed by atoms with Gasteiger partial charge in [-0.25, -0.2) is 4.79 Å². The molecule has 0 aliphatic rings. The van der Waals surface area contributed by atoms with Crippen LogP contribution >= 0.6 is 0 Å². The number of esters is 1. The molecule has 0 saturated carbocycles. The summed E-state index contributed by atoms with van der Waals surface area (Å²) >= 11 is 0. The zero-order valence-electron chi connectivity index (χ0n) is 17.7. The molecular formula is C24H29NO5. The molecule has 0 aromatic heterocycles. The summed E-state index contributed by atoms with van der Waals surface area (Å²) < 4.78 is 5.42. The summed E-state index contributed by atoms with van der Waals surface area (Å²) in [6.07, 6.45) is 0.445. The van der Waals surface area contributed by atoms with Crippen molar-refractivity contribution in [1.29, 1.82) is 0 Å². The van der Waals surface area contributed by atoms with Gasteiger partial charge in [0.25, 0.3) is 0 Å². The smallest absolute Gasteiger partial charge is 0.326 e. The summed E-state index contributed by atoms with van der Waals surface area (Å²) in [4.78, 5) is 39.0. The minimum atomic E-state index is -1.12. The molecule has 2 atom stereocenters. The molecule has 30 heavy (non-hydrogen) atoms. The second kappa shape index (κ2) is 11.1. The van der Waals surface area contributed by atoms with Crippen LogP contribution in [-0.2, 0) is 32.1 Å². The first-order valence-electron chi connectivity index (χ1n) is 10.0. The highest BCUT2D eigenvalue weighted by Crippen LogP contribution is 2.19. The van der Waals surface area contributed by atoms with E-state index in [9.17, 15) is 19.5 Å². The molecule has 6 nitrogen and oxygen atoms in total. The van der Waals surface area contributed by atoms with Gasteiger partial charge in [-0.3, -0.25) is 9.59 Å². The molecule has 0 aliphatic carbocycles. The standard InChI is InChI=1S/C24H29NO5/c1-17(2)14-21(23(27)28)25(3)22(26)20(15-18-10-6-4-7-11-18)24(29)30-16-19-12-8-5-9-13-19/h4-13,17,20-21H,14-16H2,1-3H3,(H,27,28)/t20?,21-/m0/s1. The van der Waals surface area contributed by atoms with Crippen molar-refractivity contribution in [3.63, 3.8) is 0 Å². The number of hydrogen-bond acceptors (Lipinski definition) is 4. The summed E-state index contributed by atoms with van der Waals surface area (Å²) in [5.74, 6) is -3.33. The molecule has 1 amide bonds. The Balaban J connectivity index is 2.21. The number of aliphatic carboxylic acids is 1. The van der Waals surface area contributed by atoms with Crippen LogP contribution in [0.2, 0.25) is 0 Å². The van der Waals surface area contributed by atoms with Gasteiger partial charge in [0.05, 0.1) is 0 Å². The maximum Gasteiger partial charge on any atom is 0.326 e. The molecule has 0 saturated heterocycles. The quantitative estimate of drug-likeness (QED) is 0.477. The van der Waals surface area contributed by atoms with E-state index in [-0.39, 0.29) is 18.9 Å². The molecule has 0 fully saturated rings. The van der Waals surface area contributed by atoms with Crippen molar-refractivity contribution in [1.82, 2.24) is 4.90 Å². The zero-order chi connectivity index (χ0) is 22.1. The lowest BCUT2D eigenvalue weighted by Gasteiger charge is -2.29. The molecular weight excluding hydrogens is 382 g/mol. The summed E-state index contributed by atoms with van der Waals surface area (Å²) in [5.41, 5.74) is 1.62. The first-order chi connectivity index (χ1) is 14.3. The highest BCUT2D eigenvalue weighted by molar-refractivity contribution is 5.99. The van der Waals surface area contributed by atoms with Crippen molar-refractivity contribution in [3.05, 3.63) is 71.8 Å². The van der Waals surface area contributed by atoms with Crippen molar-refractivity contribution < 1.29 is 24.2 Å². The molecule has 0 radical (unpaired) electrons. The number of amides is 1. The highest BCUT2D eigenvalue weighted by atomic mass is 16.5. The van der Waals surface area contributed by atoms with Crippen LogP contribution in [0, 0.1) is 11.8 Å². The van der Waals surface area contributed by atoms with Gasteiger partial charge in [-0.1, -0.05) is 74.5 Å². The van der Waals surface area contributed by atoms with Crippen molar-refractivity contribution in [2.24, 2.45) is 11.8 Å². The SMILES string of the molecule is CC(C)C[C@@H](C(=O)O)N(C)C(=O)C(Cc1ccccc1)C(=O)OCc1ccccc1. The summed E-state index contributed by atoms with van der Waals surface area (Å²) in [5, 5.41) is 9.59. The average Bonchev–Trinajstić information content (AvgIpc) is 2.74. The fourth-order valence-electron chi connectivity index (χ4n) is 3.22. The Morgan fingerprint density at radius 3 is 1.97 bits per heavy atom. The van der Waals surface area contributed by atoms with Gasteiger partial charge in [0.15, 0.2) is 0 Å². The maximum atomic E-state index is 13.2. The summed E-state index contributed by atoms with van der Waals surface area (Å²) in [6.45, 7) is 3.84. The van der Waals surface area contributed by atoms with E-state index in [2.05, 4.69) is 0 Å². The number of benzene rings is 2. The second-order valence-electron chi connectivity index (χ2n) is 7.77. The average molecular weight is 411 g/mol. The number of carbonyl (C=O) groups is 3. The molecule has 160 valence electrons. The summed E-state index contributed by atoms with van der Waals surface area (Å²) in [7, 11) is 1.44. The number of nitrogens with zero attached hydrogens (tertiary/aromatic N) is 1. The largest absolute Gasteiger partial charge is 0.480 e. The van der Waals surface area contributed by atoms with Gasteiger partial charge < -0.3 is 14.7 Å². The van der Waals surface area contributed by atoms with Gasteiger partial charge in [0, 0.05) is 7.05 Å². The fourth-order valence-corrected chi connectivity index (χ4v) is 3.22. The third-order valence-corrected chi connectivity index (χ3v) is 4.88. The molecule has 2 aromatic rings. The number of carboxylic acids is 1. The maximum absolute atomic E-state index is 13.2. The number of ether oxygens (including phenoxy) is 1. The Labute approximate surface area is 177 Å². The normalized spacial score (nSPS) is 12.8. The number of carboxylic acid groups (broad SMARTS) is 1. The van der Waals surface area contributed by atoms with Gasteiger partial charge in [-0.15, -0.1) is 0 Å². The zero-order valence-corrected chi connectivity index (χ0v) is 17.7. The number of likely N-dealkylation sites (N-methyl/N-ethyl adjacent to an activating group) is 1. The van der Waals surface area contributed by atoms with Crippen molar-refractivity contribution in [2.45, 2.75) is 39.3 Å². The summed E-state index contributed by atoms with van der Waals surface area (Å²) in [6, 6.07) is 17.4. The topological polar surface area (TPSA) is 83.9 Å². The molecule has 0 spiro atoms. The monoisotopic (exact) mass is 411 g/mol. The minimum Gasteiger partial charge on any atom is -0.480 e. The van der Waals surface area contributed by atoms with E-state index in [1.54, 1.807) is 0 Å². The Hall–Kier alpha value is -3.15. The molecule has 0 aliphatic heterocycles. The lowest BCUT2D eigenvalue weighted by molar-refractivity contribution is -0.161. The van der Waals surface area contributed by atoms with Crippen molar-refractivity contribution in [3.8, 4) is 0 Å². The van der Waals surface area contributed by atoms with Crippen LogP contribution in [0.3, 0.4) is 0 Å². The van der Waals surface area contributed by atoms with Crippen molar-refractivity contribution >= 4 is 17.8 Å². The van der Waals surface area contributed by atoms with E-state index in [1.807, 2.05) is 74.5 Å². The Morgan fingerprint density at radius 1 is 0.933 bits per heavy atom. The van der Waals surface area contributed by atoms with Crippen LogP contribution in [-0.4, -0.2) is 40.9 Å². The lowest BCUT2D eigenvalue weighted by atomic mass is 9.96. The van der Waals surface area contributed by atoms with Crippen LogP contribution in [0.25, 0.3) is 0 Å². The van der Waals surface area contributed by atoms with E-state index in [1.165, 1.54) is 11.9 Å². The lowest BCUT2D eigenvalue weighted by Crippen LogP contribution is -2.48. The van der Waals surface area contributed by atoms with Crippen LogP contribution in [0.5, 0.6) is 0 Å². The molecule has 0 bridgehead atoms. The van der Waals surface area contributed by atoms with E-state index < -0.39 is 29.8 Å². The van der Waals surface area contributed by atoms with Crippen molar-refractivity contribution in [2.75, 3.05) is 7.05 Å². The van der Waals surface area contributed by atoms with Gasteiger partial charge in [0.2, 0.25) is 5.91 Å². The fraction of sp³-hybridized carbons (Fsp3) is 0.375. The number of carbonyl (C=O) groups excluding carboxylic acids is 2. The Morgan fingerprint density at radius 2 is 1.47 bits per heavy atom. The molecule has 1 N–H and O–H groups in total. The van der Waals surface area contributed by atoms with Crippen LogP contribution in [0.4, 0.5) is 0 Å². The first kappa shape index (κ1) is 23.1. The predicted molar refractivity (Wildman–Crippen MR) is 114 cm³/mol. The molecule has 2 rings (SSSR count). The van der Waals surface area contributed by atoms with E-state index in [0.717, 1.165) is 11.1 Å². The first-order valence-corrected chi connectivity index (χ1v) is 10.0. The van der Waals surface area contributed by atoms with E-state index in [0.29, 0.717) is 6.42 Å². The van der Waals surface area contributed by atoms with Gasteiger partial charge in [0.1, 0.15) is 18.6 Å². The van der Waals surface area contributed by atoms with Gasteiger partial charge >= 0.3 is 11.9 Å². The van der Waals surface area contributed by atoms with E-state index in [4.69, 9.17) is 4.74 Å². The van der Waals surface area contributed by atoms with Crippen LogP contribution < -0.4 is 0 Å². The minimum absolute atomic E-state index is 0.0519. The second-order valence-corrected chi connectivity index (χ2v) is 7.77. The number of rotatable bonds is 10. The third-order valence-electron chi connectivity index (χ3n) is 4.88. The Bertz CT molecular complexity index is 835. The molecule has 6 heteroatoms. The third kappa shape index (κ3) is 6.72. The van der Waals surface area contributed by atoms with Crippen LogP contribution in [0.15, 0.2) is 60.7 Å². The van der Waals surface area contributed by atoms with Gasteiger partial charge in [-0.05, 0) is 29.9 Å². The Kier molecular flexibility index (Phi) is 8.59. The van der Waals surface area contributed by atoms with Gasteiger partial charge in [-0.2, -0.15) is 0 Å². The number of hydrogen-bond donors (Lipinski definition) is 1. The predicted octanol–water partition coefficient (Wildman–Crippen LogP) is 3.55. The molecule has 2 aromatic carbocycles. The highest BCUT2D eigenvalue weighted by Gasteiger charge is 2.36. The van der Waals surface area contributed by atoms with E-state index >= 15 is 0 Å².